The third kappa shape index (κ3) is 2.09. The van der Waals surface area contributed by atoms with E-state index in [1.807, 2.05) is 0 Å². The van der Waals surface area contributed by atoms with E-state index < -0.39 is 5.97 Å². The zero-order valence-corrected chi connectivity index (χ0v) is 9.65. The number of aromatic nitrogens is 2. The largest absolute Gasteiger partial charge is 0.495 e. The third-order valence-corrected chi connectivity index (χ3v) is 2.57. The van der Waals surface area contributed by atoms with Gasteiger partial charge in [-0.15, -0.1) is 0 Å². The van der Waals surface area contributed by atoms with Crippen LogP contribution in [0.3, 0.4) is 0 Å². The van der Waals surface area contributed by atoms with Gasteiger partial charge in [-0.25, -0.2) is 9.78 Å². The average molecular weight is 253 g/mol. The molecule has 0 aliphatic heterocycles. The summed E-state index contributed by atoms with van der Waals surface area (Å²) in [6.45, 7) is 0. The molecular formula is C11H9ClN2O3. The summed E-state index contributed by atoms with van der Waals surface area (Å²) in [5.74, 6) is -0.535. The number of halogens is 1. The lowest BCUT2D eigenvalue weighted by Crippen LogP contribution is -1.99. The Morgan fingerprint density at radius 1 is 1.53 bits per heavy atom. The molecule has 0 fully saturated rings. The van der Waals surface area contributed by atoms with Crippen molar-refractivity contribution in [2.45, 2.75) is 0 Å². The van der Waals surface area contributed by atoms with E-state index in [-0.39, 0.29) is 5.69 Å². The summed E-state index contributed by atoms with van der Waals surface area (Å²) in [5, 5.41) is 9.36. The Labute approximate surface area is 102 Å². The Kier molecular flexibility index (Phi) is 3.01. The SMILES string of the molecule is COc1ccc(-c2nc[nH]c2C(=O)O)cc1Cl. The minimum absolute atomic E-state index is 0.0335. The molecule has 0 spiro atoms. The zero-order valence-electron chi connectivity index (χ0n) is 8.90. The summed E-state index contributed by atoms with van der Waals surface area (Å²) in [6.07, 6.45) is 1.33. The fourth-order valence-corrected chi connectivity index (χ4v) is 1.75. The predicted molar refractivity (Wildman–Crippen MR) is 62.5 cm³/mol. The molecule has 0 bridgehead atoms. The monoisotopic (exact) mass is 252 g/mol. The molecule has 0 saturated heterocycles. The van der Waals surface area contributed by atoms with Gasteiger partial charge in [0.15, 0.2) is 5.69 Å². The number of benzene rings is 1. The van der Waals surface area contributed by atoms with Crippen molar-refractivity contribution in [2.24, 2.45) is 0 Å². The van der Waals surface area contributed by atoms with E-state index >= 15 is 0 Å². The number of carboxylic acid groups (broad SMARTS) is 1. The van der Waals surface area contributed by atoms with E-state index in [4.69, 9.17) is 21.4 Å². The lowest BCUT2D eigenvalue weighted by atomic mass is 10.1. The fourth-order valence-electron chi connectivity index (χ4n) is 1.49. The Balaban J connectivity index is 2.50. The number of nitrogens with one attached hydrogen (secondary N) is 1. The fraction of sp³-hybridized carbons (Fsp3) is 0.0909. The van der Waals surface area contributed by atoms with Crippen LogP contribution in [-0.4, -0.2) is 28.2 Å². The van der Waals surface area contributed by atoms with Gasteiger partial charge in [0.25, 0.3) is 0 Å². The number of nitrogens with zero attached hydrogens (tertiary/aromatic N) is 1. The first-order valence-electron chi connectivity index (χ1n) is 4.74. The van der Waals surface area contributed by atoms with Crippen molar-refractivity contribution in [2.75, 3.05) is 7.11 Å². The van der Waals surface area contributed by atoms with Gasteiger partial charge in [-0.05, 0) is 18.2 Å². The summed E-state index contributed by atoms with van der Waals surface area (Å²) >= 11 is 5.97. The highest BCUT2D eigenvalue weighted by atomic mass is 35.5. The molecule has 1 aromatic heterocycles. The summed E-state index contributed by atoms with van der Waals surface area (Å²) in [5.41, 5.74) is 1.00. The van der Waals surface area contributed by atoms with Crippen LogP contribution in [-0.2, 0) is 0 Å². The molecule has 0 aliphatic carbocycles. The highest BCUT2D eigenvalue weighted by Gasteiger charge is 2.15. The molecule has 0 amide bonds. The number of hydrogen-bond acceptors (Lipinski definition) is 3. The van der Waals surface area contributed by atoms with Crippen LogP contribution in [0, 0.1) is 0 Å². The minimum Gasteiger partial charge on any atom is -0.495 e. The first-order chi connectivity index (χ1) is 8.13. The topological polar surface area (TPSA) is 75.2 Å². The van der Waals surface area contributed by atoms with Crippen molar-refractivity contribution in [3.8, 4) is 17.0 Å². The maximum absolute atomic E-state index is 10.9. The molecule has 88 valence electrons. The van der Waals surface area contributed by atoms with E-state index in [1.165, 1.54) is 13.4 Å². The van der Waals surface area contributed by atoms with Crippen LogP contribution in [0.5, 0.6) is 5.75 Å². The van der Waals surface area contributed by atoms with Gasteiger partial charge in [-0.3, -0.25) is 0 Å². The van der Waals surface area contributed by atoms with Gasteiger partial charge < -0.3 is 14.8 Å². The molecule has 1 aromatic carbocycles. The molecule has 2 rings (SSSR count). The van der Waals surface area contributed by atoms with Crippen LogP contribution >= 0.6 is 11.6 Å². The second kappa shape index (κ2) is 4.47. The lowest BCUT2D eigenvalue weighted by molar-refractivity contribution is 0.0692. The van der Waals surface area contributed by atoms with Crippen LogP contribution in [0.2, 0.25) is 5.02 Å². The number of rotatable bonds is 3. The molecule has 0 atom stereocenters. The summed E-state index contributed by atoms with van der Waals surface area (Å²) in [6, 6.07) is 4.98. The molecule has 2 N–H and O–H groups in total. The number of ether oxygens (including phenoxy) is 1. The van der Waals surface area contributed by atoms with Crippen molar-refractivity contribution in [1.82, 2.24) is 9.97 Å². The summed E-state index contributed by atoms with van der Waals surface area (Å²) in [4.78, 5) is 17.5. The molecular weight excluding hydrogens is 244 g/mol. The number of hydrogen-bond donors (Lipinski definition) is 2. The molecule has 0 radical (unpaired) electrons. The zero-order chi connectivity index (χ0) is 12.4. The van der Waals surface area contributed by atoms with Crippen LogP contribution in [0.4, 0.5) is 0 Å². The Hall–Kier alpha value is -2.01. The maximum Gasteiger partial charge on any atom is 0.354 e. The number of carboxylic acids is 1. The second-order valence-electron chi connectivity index (χ2n) is 3.28. The van der Waals surface area contributed by atoms with Crippen molar-refractivity contribution in [3.63, 3.8) is 0 Å². The van der Waals surface area contributed by atoms with Crippen molar-refractivity contribution >= 4 is 17.6 Å². The number of H-pyrrole nitrogens is 1. The molecule has 17 heavy (non-hydrogen) atoms. The van der Waals surface area contributed by atoms with E-state index in [2.05, 4.69) is 9.97 Å². The molecule has 1 heterocycles. The number of methoxy groups -OCH3 is 1. The number of carbonyl (C=O) groups is 1. The average Bonchev–Trinajstić information content (AvgIpc) is 2.77. The van der Waals surface area contributed by atoms with Gasteiger partial charge in [-0.1, -0.05) is 11.6 Å². The van der Waals surface area contributed by atoms with E-state index in [0.29, 0.717) is 22.0 Å². The van der Waals surface area contributed by atoms with E-state index in [9.17, 15) is 4.79 Å². The number of aromatic amines is 1. The molecule has 6 heteroatoms. The number of aromatic carboxylic acids is 1. The Morgan fingerprint density at radius 2 is 2.29 bits per heavy atom. The van der Waals surface area contributed by atoms with Crippen LogP contribution < -0.4 is 4.74 Å². The molecule has 0 unspecified atom stereocenters. The van der Waals surface area contributed by atoms with Gasteiger partial charge in [-0.2, -0.15) is 0 Å². The normalized spacial score (nSPS) is 10.2. The molecule has 0 aliphatic rings. The van der Waals surface area contributed by atoms with Gasteiger partial charge in [0.1, 0.15) is 11.4 Å². The lowest BCUT2D eigenvalue weighted by Gasteiger charge is -2.05. The number of imidazole rings is 1. The first-order valence-corrected chi connectivity index (χ1v) is 5.12. The van der Waals surface area contributed by atoms with Crippen molar-refractivity contribution in [3.05, 3.63) is 35.2 Å². The standard InChI is InChI=1S/C11H9ClN2O3/c1-17-8-3-2-6(4-7(8)12)9-10(11(15)16)14-5-13-9/h2-5H,1H3,(H,13,14)(H,15,16). The second-order valence-corrected chi connectivity index (χ2v) is 3.69. The van der Waals surface area contributed by atoms with Gasteiger partial charge in [0.05, 0.1) is 18.5 Å². The van der Waals surface area contributed by atoms with Gasteiger partial charge >= 0.3 is 5.97 Å². The highest BCUT2D eigenvalue weighted by Crippen LogP contribution is 2.30. The summed E-state index contributed by atoms with van der Waals surface area (Å²) < 4.78 is 5.02. The molecule has 0 saturated carbocycles. The quantitative estimate of drug-likeness (QED) is 0.880. The highest BCUT2D eigenvalue weighted by molar-refractivity contribution is 6.32. The van der Waals surface area contributed by atoms with Crippen molar-refractivity contribution in [1.29, 1.82) is 0 Å². The van der Waals surface area contributed by atoms with Gasteiger partial charge in [0.2, 0.25) is 0 Å². The Bertz CT molecular complexity index is 566. The maximum atomic E-state index is 10.9. The van der Waals surface area contributed by atoms with E-state index in [1.54, 1.807) is 18.2 Å². The van der Waals surface area contributed by atoms with Crippen LogP contribution in [0.15, 0.2) is 24.5 Å². The summed E-state index contributed by atoms with van der Waals surface area (Å²) in [7, 11) is 1.51. The smallest absolute Gasteiger partial charge is 0.354 e. The van der Waals surface area contributed by atoms with E-state index in [0.717, 1.165) is 0 Å². The van der Waals surface area contributed by atoms with Gasteiger partial charge in [0, 0.05) is 5.56 Å². The minimum atomic E-state index is -1.07. The molecule has 5 nitrogen and oxygen atoms in total. The first kappa shape index (κ1) is 11.5. The Morgan fingerprint density at radius 3 is 2.88 bits per heavy atom. The predicted octanol–water partition coefficient (Wildman–Crippen LogP) is 2.44. The molecule has 2 aromatic rings. The third-order valence-electron chi connectivity index (χ3n) is 2.28. The van der Waals surface area contributed by atoms with Crippen LogP contribution in [0.1, 0.15) is 10.5 Å². The van der Waals surface area contributed by atoms with Crippen molar-refractivity contribution < 1.29 is 14.6 Å². The van der Waals surface area contributed by atoms with Crippen LogP contribution in [0.25, 0.3) is 11.3 Å².